The number of aromatic nitrogens is 1. The first-order valence-corrected chi connectivity index (χ1v) is 8.14. The molecule has 3 aromatic carbocycles. The maximum atomic E-state index is 14.1. The predicted molar refractivity (Wildman–Crippen MR) is 99.1 cm³/mol. The lowest BCUT2D eigenvalue weighted by molar-refractivity contribution is 0.105. The average Bonchev–Trinajstić information content (AvgIpc) is 3.11. The molecule has 0 unspecified atom stereocenters. The van der Waals surface area contributed by atoms with Gasteiger partial charge in [-0.15, -0.1) is 0 Å². The molecule has 0 spiro atoms. The molecule has 1 aromatic heterocycles. The Morgan fingerprint density at radius 1 is 0.885 bits per heavy atom. The summed E-state index contributed by atoms with van der Waals surface area (Å²) in [5.41, 5.74) is 2.20. The molecular formula is C22H14FNO2. The number of halogens is 1. The van der Waals surface area contributed by atoms with Crippen LogP contribution >= 0.6 is 0 Å². The molecule has 1 heterocycles. The summed E-state index contributed by atoms with van der Waals surface area (Å²) >= 11 is 0. The van der Waals surface area contributed by atoms with Crippen LogP contribution in [0.3, 0.4) is 0 Å². The Hall–Kier alpha value is -3.53. The molecule has 0 atom stereocenters. The number of hydrogen-bond acceptors (Lipinski definition) is 3. The van der Waals surface area contributed by atoms with E-state index >= 15 is 0 Å². The van der Waals surface area contributed by atoms with Crippen LogP contribution in [0, 0.1) is 5.82 Å². The standard InChI is InChI=1S/C22H14FNO2/c23-18-11-5-4-10-16(18)14-17(21(25)15-8-2-1-3-9-15)22-24-19-12-6-7-13-20(19)26-22/h1-14H. The van der Waals surface area contributed by atoms with Crippen LogP contribution in [0.1, 0.15) is 21.8 Å². The first-order valence-electron chi connectivity index (χ1n) is 8.14. The van der Waals surface area contributed by atoms with Crippen molar-refractivity contribution in [1.82, 2.24) is 4.98 Å². The smallest absolute Gasteiger partial charge is 0.231 e. The summed E-state index contributed by atoms with van der Waals surface area (Å²) in [4.78, 5) is 17.5. The Balaban J connectivity index is 1.89. The van der Waals surface area contributed by atoms with Crippen molar-refractivity contribution >= 4 is 28.5 Å². The summed E-state index contributed by atoms with van der Waals surface area (Å²) in [6, 6.07) is 22.3. The SMILES string of the molecule is O=C(C(=Cc1ccccc1F)c1nc2ccccc2o1)c1ccccc1. The van der Waals surface area contributed by atoms with Gasteiger partial charge in [0, 0.05) is 11.1 Å². The number of rotatable bonds is 4. The molecule has 0 aliphatic carbocycles. The molecule has 0 N–H and O–H groups in total. The van der Waals surface area contributed by atoms with Crippen molar-refractivity contribution in [2.24, 2.45) is 0 Å². The summed E-state index contributed by atoms with van der Waals surface area (Å²) in [5, 5.41) is 0. The number of hydrogen-bond donors (Lipinski definition) is 0. The highest BCUT2D eigenvalue weighted by Gasteiger charge is 2.20. The summed E-state index contributed by atoms with van der Waals surface area (Å²) in [5.74, 6) is -0.523. The van der Waals surface area contributed by atoms with Crippen LogP contribution in [0.5, 0.6) is 0 Å². The van der Waals surface area contributed by atoms with Gasteiger partial charge in [-0.25, -0.2) is 9.37 Å². The van der Waals surface area contributed by atoms with Crippen LogP contribution in [-0.4, -0.2) is 10.8 Å². The van der Waals surface area contributed by atoms with Gasteiger partial charge in [0.15, 0.2) is 11.4 Å². The van der Waals surface area contributed by atoms with Crippen molar-refractivity contribution in [2.75, 3.05) is 0 Å². The number of ketones is 1. The lowest BCUT2D eigenvalue weighted by Gasteiger charge is -2.04. The van der Waals surface area contributed by atoms with Crippen molar-refractivity contribution in [2.45, 2.75) is 0 Å². The molecule has 0 aliphatic heterocycles. The zero-order valence-corrected chi connectivity index (χ0v) is 13.7. The molecule has 4 aromatic rings. The maximum Gasteiger partial charge on any atom is 0.231 e. The lowest BCUT2D eigenvalue weighted by atomic mass is 10.0. The Morgan fingerprint density at radius 2 is 1.58 bits per heavy atom. The Labute approximate surface area is 149 Å². The van der Waals surface area contributed by atoms with E-state index in [-0.39, 0.29) is 17.2 Å². The zero-order valence-electron chi connectivity index (χ0n) is 13.7. The van der Waals surface area contributed by atoms with Crippen molar-refractivity contribution in [3.63, 3.8) is 0 Å². The van der Waals surface area contributed by atoms with Gasteiger partial charge in [-0.3, -0.25) is 4.79 Å². The Bertz CT molecular complexity index is 1080. The van der Waals surface area contributed by atoms with Crippen molar-refractivity contribution in [3.8, 4) is 0 Å². The molecular weight excluding hydrogens is 329 g/mol. The molecule has 0 aliphatic rings. The fourth-order valence-corrected chi connectivity index (χ4v) is 2.70. The van der Waals surface area contributed by atoms with Gasteiger partial charge in [0.05, 0.1) is 5.57 Å². The van der Waals surface area contributed by atoms with Gasteiger partial charge in [0.25, 0.3) is 0 Å². The normalized spacial score (nSPS) is 11.7. The highest BCUT2D eigenvalue weighted by Crippen LogP contribution is 2.26. The largest absolute Gasteiger partial charge is 0.436 e. The summed E-state index contributed by atoms with van der Waals surface area (Å²) < 4.78 is 19.9. The van der Waals surface area contributed by atoms with Crippen LogP contribution in [0.4, 0.5) is 4.39 Å². The minimum atomic E-state index is -0.415. The monoisotopic (exact) mass is 343 g/mol. The third-order valence-electron chi connectivity index (χ3n) is 4.01. The molecule has 4 heteroatoms. The van der Waals surface area contributed by atoms with E-state index in [1.807, 2.05) is 18.2 Å². The van der Waals surface area contributed by atoms with Gasteiger partial charge >= 0.3 is 0 Å². The second-order valence-electron chi connectivity index (χ2n) is 5.76. The van der Waals surface area contributed by atoms with Gasteiger partial charge in [-0.05, 0) is 24.3 Å². The fourth-order valence-electron chi connectivity index (χ4n) is 2.70. The molecule has 0 saturated carbocycles. The Morgan fingerprint density at radius 3 is 2.35 bits per heavy atom. The fraction of sp³-hybridized carbons (Fsp3) is 0. The molecule has 0 amide bonds. The van der Waals surface area contributed by atoms with Crippen LogP contribution in [0.15, 0.2) is 83.3 Å². The zero-order chi connectivity index (χ0) is 17.9. The van der Waals surface area contributed by atoms with Crippen LogP contribution < -0.4 is 0 Å². The third kappa shape index (κ3) is 3.05. The van der Waals surface area contributed by atoms with E-state index in [1.54, 1.807) is 54.6 Å². The number of allylic oxidation sites excluding steroid dienone is 1. The van der Waals surface area contributed by atoms with Crippen molar-refractivity contribution in [3.05, 3.63) is 102 Å². The van der Waals surface area contributed by atoms with Gasteiger partial charge in [0.1, 0.15) is 11.3 Å². The molecule has 0 bridgehead atoms. The number of nitrogens with zero attached hydrogens (tertiary/aromatic N) is 1. The molecule has 3 nitrogen and oxygen atoms in total. The van der Waals surface area contributed by atoms with E-state index < -0.39 is 5.82 Å². The number of oxazole rings is 1. The number of fused-ring (bicyclic) bond motifs is 1. The first kappa shape index (κ1) is 16.0. The number of carbonyl (C=O) groups is 1. The second-order valence-corrected chi connectivity index (χ2v) is 5.76. The molecule has 0 fully saturated rings. The predicted octanol–water partition coefficient (Wildman–Crippen LogP) is 5.39. The molecule has 126 valence electrons. The van der Waals surface area contributed by atoms with Crippen LogP contribution in [0.2, 0.25) is 0 Å². The van der Waals surface area contributed by atoms with E-state index in [0.717, 1.165) is 0 Å². The summed E-state index contributed by atoms with van der Waals surface area (Å²) in [6.07, 6.45) is 1.48. The van der Waals surface area contributed by atoms with E-state index in [0.29, 0.717) is 22.2 Å². The maximum absolute atomic E-state index is 14.1. The summed E-state index contributed by atoms with van der Waals surface area (Å²) in [6.45, 7) is 0. The number of benzene rings is 3. The lowest BCUT2D eigenvalue weighted by Crippen LogP contribution is -2.03. The third-order valence-corrected chi connectivity index (χ3v) is 4.01. The van der Waals surface area contributed by atoms with E-state index in [9.17, 15) is 9.18 Å². The van der Waals surface area contributed by atoms with Crippen molar-refractivity contribution in [1.29, 1.82) is 0 Å². The second kappa shape index (κ2) is 6.76. The van der Waals surface area contributed by atoms with E-state index in [2.05, 4.69) is 4.98 Å². The molecule has 26 heavy (non-hydrogen) atoms. The average molecular weight is 343 g/mol. The van der Waals surface area contributed by atoms with Gasteiger partial charge in [-0.2, -0.15) is 0 Å². The van der Waals surface area contributed by atoms with E-state index in [1.165, 1.54) is 12.1 Å². The van der Waals surface area contributed by atoms with E-state index in [4.69, 9.17) is 4.42 Å². The quantitative estimate of drug-likeness (QED) is 0.368. The summed E-state index contributed by atoms with van der Waals surface area (Å²) in [7, 11) is 0. The molecule has 0 radical (unpaired) electrons. The van der Waals surface area contributed by atoms with Crippen LogP contribution in [-0.2, 0) is 0 Å². The number of carbonyl (C=O) groups excluding carboxylic acids is 1. The molecule has 4 rings (SSSR count). The van der Waals surface area contributed by atoms with Crippen molar-refractivity contribution < 1.29 is 13.6 Å². The van der Waals surface area contributed by atoms with Gasteiger partial charge < -0.3 is 4.42 Å². The van der Waals surface area contributed by atoms with Gasteiger partial charge in [0.2, 0.25) is 5.89 Å². The van der Waals surface area contributed by atoms with Gasteiger partial charge in [-0.1, -0.05) is 60.7 Å². The minimum Gasteiger partial charge on any atom is -0.436 e. The van der Waals surface area contributed by atoms with Crippen LogP contribution in [0.25, 0.3) is 22.7 Å². The topological polar surface area (TPSA) is 43.1 Å². The highest BCUT2D eigenvalue weighted by molar-refractivity contribution is 6.31. The minimum absolute atomic E-state index is 0.170. The Kier molecular flexibility index (Phi) is 4.15. The highest BCUT2D eigenvalue weighted by atomic mass is 19.1. The first-order chi connectivity index (χ1) is 12.7. The number of Topliss-reactive ketones (excluding diaryl/α,β-unsaturated/α-hetero) is 1. The molecule has 0 saturated heterocycles. The number of para-hydroxylation sites is 2.